The normalized spacial score (nSPS) is 16.8. The highest BCUT2D eigenvalue weighted by molar-refractivity contribution is 5.32. The van der Waals surface area contributed by atoms with Crippen molar-refractivity contribution in [2.24, 2.45) is 5.92 Å². The molecule has 0 aromatic heterocycles. The summed E-state index contributed by atoms with van der Waals surface area (Å²) < 4.78 is 10.8. The van der Waals surface area contributed by atoms with E-state index in [9.17, 15) is 0 Å². The van der Waals surface area contributed by atoms with E-state index in [0.717, 1.165) is 37.8 Å². The number of benzene rings is 1. The second-order valence-electron chi connectivity index (χ2n) is 8.82. The van der Waals surface area contributed by atoms with Gasteiger partial charge in [0.2, 0.25) is 0 Å². The fourth-order valence-corrected chi connectivity index (χ4v) is 4.02. The summed E-state index contributed by atoms with van der Waals surface area (Å²) in [5, 5.41) is 3.81. The predicted molar refractivity (Wildman–Crippen MR) is 115 cm³/mol. The Morgan fingerprint density at radius 2 is 1.89 bits per heavy atom. The molecule has 27 heavy (non-hydrogen) atoms. The Morgan fingerprint density at radius 1 is 1.22 bits per heavy atom. The summed E-state index contributed by atoms with van der Waals surface area (Å²) in [5.74, 6) is 1.78. The largest absolute Gasteiger partial charge is 0.497 e. The van der Waals surface area contributed by atoms with Crippen LogP contribution in [0.4, 0.5) is 0 Å². The molecular formula is C24H39NO2. The van der Waals surface area contributed by atoms with Crippen LogP contribution in [0.5, 0.6) is 5.75 Å². The summed E-state index contributed by atoms with van der Waals surface area (Å²) in [5.41, 5.74) is 2.85. The second-order valence-corrected chi connectivity index (χ2v) is 8.82. The second kappa shape index (κ2) is 10.9. The van der Waals surface area contributed by atoms with Crippen LogP contribution in [-0.2, 0) is 10.2 Å². The summed E-state index contributed by atoms with van der Waals surface area (Å²) in [6.07, 6.45) is 8.52. The van der Waals surface area contributed by atoms with Crippen LogP contribution < -0.4 is 10.1 Å². The average Bonchev–Trinajstić information content (AvgIpc) is 2.65. The van der Waals surface area contributed by atoms with Gasteiger partial charge in [0, 0.05) is 19.3 Å². The molecule has 1 N–H and O–H groups in total. The van der Waals surface area contributed by atoms with Crippen LogP contribution in [0.15, 0.2) is 35.9 Å². The molecule has 152 valence electrons. The molecule has 3 heteroatoms. The zero-order chi connectivity index (χ0) is 19.7. The lowest BCUT2D eigenvalue weighted by Crippen LogP contribution is -2.35. The first-order valence-corrected chi connectivity index (χ1v) is 10.5. The summed E-state index contributed by atoms with van der Waals surface area (Å²) in [7, 11) is 1.72. The van der Waals surface area contributed by atoms with Crippen molar-refractivity contribution in [1.29, 1.82) is 0 Å². The van der Waals surface area contributed by atoms with Crippen LogP contribution in [0.3, 0.4) is 0 Å². The van der Waals surface area contributed by atoms with Crippen molar-refractivity contribution < 1.29 is 9.47 Å². The number of ether oxygens (including phenoxy) is 2. The lowest BCUT2D eigenvalue weighted by molar-refractivity contribution is 0.0633. The highest BCUT2D eigenvalue weighted by atomic mass is 16.5. The molecule has 0 aliphatic carbocycles. The molecule has 1 aromatic carbocycles. The quantitative estimate of drug-likeness (QED) is 0.434. The summed E-state index contributed by atoms with van der Waals surface area (Å²) in [6.45, 7) is 12.1. The first-order valence-electron chi connectivity index (χ1n) is 10.5. The predicted octanol–water partition coefficient (Wildman–Crippen LogP) is 5.49. The average molecular weight is 374 g/mol. The maximum absolute atomic E-state index is 5.47. The molecule has 1 fully saturated rings. The van der Waals surface area contributed by atoms with Gasteiger partial charge in [0.25, 0.3) is 0 Å². The molecule has 0 amide bonds. The van der Waals surface area contributed by atoms with Crippen LogP contribution in [0, 0.1) is 5.92 Å². The monoisotopic (exact) mass is 373 g/mol. The highest BCUT2D eigenvalue weighted by Crippen LogP contribution is 2.30. The van der Waals surface area contributed by atoms with Crippen molar-refractivity contribution in [2.45, 2.75) is 71.3 Å². The van der Waals surface area contributed by atoms with Gasteiger partial charge in [-0.15, -0.1) is 0 Å². The summed E-state index contributed by atoms with van der Waals surface area (Å²) in [4.78, 5) is 0. The van der Waals surface area contributed by atoms with Crippen molar-refractivity contribution in [2.75, 3.05) is 26.9 Å². The lowest BCUT2D eigenvalue weighted by Gasteiger charge is -2.30. The smallest absolute Gasteiger partial charge is 0.118 e. The molecule has 3 nitrogen and oxygen atoms in total. The molecule has 1 saturated heterocycles. The Morgan fingerprint density at radius 3 is 2.48 bits per heavy atom. The third kappa shape index (κ3) is 7.67. The Hall–Kier alpha value is -1.32. The standard InChI is InChI=1S/C24H39NO2/c1-19(2)17-22(25-14-6-7-20-12-15-27-16-13-20)18-24(3,4)21-8-10-23(26-5)11-9-21/h8-11,17,20,22,25H,6-7,12-16,18H2,1-5H3. The minimum Gasteiger partial charge on any atom is -0.497 e. The SMILES string of the molecule is COc1ccc(C(C)(C)CC(C=C(C)C)NCCCC2CCOCC2)cc1. The Kier molecular flexibility index (Phi) is 8.85. The lowest BCUT2D eigenvalue weighted by atomic mass is 9.78. The maximum atomic E-state index is 5.47. The molecule has 1 heterocycles. The van der Waals surface area contributed by atoms with Crippen molar-refractivity contribution in [3.05, 3.63) is 41.5 Å². The first-order chi connectivity index (χ1) is 12.9. The van der Waals surface area contributed by atoms with Crippen molar-refractivity contribution in [3.63, 3.8) is 0 Å². The molecule has 2 rings (SSSR count). The van der Waals surface area contributed by atoms with Crippen LogP contribution in [0.25, 0.3) is 0 Å². The van der Waals surface area contributed by atoms with Gasteiger partial charge in [-0.3, -0.25) is 0 Å². The molecule has 0 bridgehead atoms. The van der Waals surface area contributed by atoms with Gasteiger partial charge in [0.1, 0.15) is 5.75 Å². The van der Waals surface area contributed by atoms with Crippen molar-refractivity contribution >= 4 is 0 Å². The number of allylic oxidation sites excluding steroid dienone is 1. The first kappa shape index (κ1) is 22.0. The molecule has 1 atom stereocenters. The van der Waals surface area contributed by atoms with E-state index in [1.54, 1.807) is 7.11 Å². The molecule has 1 aliphatic rings. The highest BCUT2D eigenvalue weighted by Gasteiger charge is 2.24. The van der Waals surface area contributed by atoms with Gasteiger partial charge < -0.3 is 14.8 Å². The van der Waals surface area contributed by atoms with E-state index in [1.807, 2.05) is 0 Å². The van der Waals surface area contributed by atoms with Crippen LogP contribution in [0.1, 0.15) is 65.4 Å². The van der Waals surface area contributed by atoms with Crippen LogP contribution in [-0.4, -0.2) is 32.9 Å². The molecular weight excluding hydrogens is 334 g/mol. The van der Waals surface area contributed by atoms with Gasteiger partial charge in [-0.05, 0) is 81.5 Å². The van der Waals surface area contributed by atoms with Gasteiger partial charge in [0.05, 0.1) is 7.11 Å². The minimum atomic E-state index is 0.108. The van der Waals surface area contributed by atoms with E-state index >= 15 is 0 Å². The number of methoxy groups -OCH3 is 1. The zero-order valence-electron chi connectivity index (χ0n) is 18.0. The van der Waals surface area contributed by atoms with Gasteiger partial charge in [-0.2, -0.15) is 0 Å². The number of hydrogen-bond donors (Lipinski definition) is 1. The van der Waals surface area contributed by atoms with Crippen LogP contribution >= 0.6 is 0 Å². The van der Waals surface area contributed by atoms with E-state index in [2.05, 4.69) is 63.4 Å². The maximum Gasteiger partial charge on any atom is 0.118 e. The molecule has 0 spiro atoms. The third-order valence-corrected chi connectivity index (χ3v) is 5.67. The Labute approximate surface area is 166 Å². The summed E-state index contributed by atoms with van der Waals surface area (Å²) >= 11 is 0. The summed E-state index contributed by atoms with van der Waals surface area (Å²) in [6, 6.07) is 8.93. The van der Waals surface area contributed by atoms with E-state index in [0.29, 0.717) is 6.04 Å². The van der Waals surface area contributed by atoms with E-state index < -0.39 is 0 Å². The number of hydrogen-bond acceptors (Lipinski definition) is 3. The molecule has 0 radical (unpaired) electrons. The molecule has 1 aromatic rings. The third-order valence-electron chi connectivity index (χ3n) is 5.67. The van der Waals surface area contributed by atoms with Gasteiger partial charge in [-0.25, -0.2) is 0 Å². The fraction of sp³-hybridized carbons (Fsp3) is 0.667. The van der Waals surface area contributed by atoms with Gasteiger partial charge in [0.15, 0.2) is 0 Å². The van der Waals surface area contributed by atoms with Crippen LogP contribution in [0.2, 0.25) is 0 Å². The number of rotatable bonds is 10. The Balaban J connectivity index is 1.88. The number of nitrogens with one attached hydrogen (secondary N) is 1. The van der Waals surface area contributed by atoms with E-state index in [1.165, 1.54) is 36.8 Å². The van der Waals surface area contributed by atoms with Gasteiger partial charge in [-0.1, -0.05) is 37.6 Å². The molecule has 1 aliphatic heterocycles. The minimum absolute atomic E-state index is 0.108. The molecule has 1 unspecified atom stereocenters. The zero-order valence-corrected chi connectivity index (χ0v) is 18.0. The van der Waals surface area contributed by atoms with Crippen molar-refractivity contribution in [1.82, 2.24) is 5.32 Å². The topological polar surface area (TPSA) is 30.5 Å². The Bertz CT molecular complexity index is 567. The van der Waals surface area contributed by atoms with E-state index in [4.69, 9.17) is 9.47 Å². The van der Waals surface area contributed by atoms with Gasteiger partial charge >= 0.3 is 0 Å². The van der Waals surface area contributed by atoms with E-state index in [-0.39, 0.29) is 5.41 Å². The van der Waals surface area contributed by atoms with Crippen molar-refractivity contribution in [3.8, 4) is 5.75 Å². The molecule has 0 saturated carbocycles. The fourth-order valence-electron chi connectivity index (χ4n) is 4.02.